The zero-order valence-electron chi connectivity index (χ0n) is 14.7. The number of hydrogen-bond acceptors (Lipinski definition) is 5. The Hall–Kier alpha value is -2.05. The Balaban J connectivity index is 1.57. The summed E-state index contributed by atoms with van der Waals surface area (Å²) in [5, 5.41) is 0. The lowest BCUT2D eigenvalue weighted by Crippen LogP contribution is -2.56. The molecule has 6 heteroatoms. The summed E-state index contributed by atoms with van der Waals surface area (Å²) in [6, 6.07) is 11.3. The number of carbonyl (C=O) groups excluding carboxylic acids is 1. The molecule has 5 nitrogen and oxygen atoms in total. The molecule has 1 saturated heterocycles. The van der Waals surface area contributed by atoms with Crippen LogP contribution >= 0.6 is 15.9 Å². The zero-order valence-corrected chi connectivity index (χ0v) is 16.3. The van der Waals surface area contributed by atoms with Crippen LogP contribution in [0, 0.1) is 0 Å². The first kappa shape index (κ1) is 17.4. The Morgan fingerprint density at radius 3 is 2.69 bits per heavy atom. The van der Waals surface area contributed by atoms with Crippen molar-refractivity contribution in [3.05, 3.63) is 52.0 Å². The van der Waals surface area contributed by atoms with Crippen molar-refractivity contribution in [1.29, 1.82) is 0 Å². The van der Waals surface area contributed by atoms with Gasteiger partial charge in [-0.05, 0) is 50.2 Å². The summed E-state index contributed by atoms with van der Waals surface area (Å²) in [6.07, 6.45) is 0.106. The van der Waals surface area contributed by atoms with Gasteiger partial charge in [0, 0.05) is 29.2 Å². The Morgan fingerprint density at radius 2 is 1.92 bits per heavy atom. The summed E-state index contributed by atoms with van der Waals surface area (Å²) in [5.41, 5.74) is 1.11. The van der Waals surface area contributed by atoms with Crippen LogP contribution in [0.2, 0.25) is 0 Å². The molecule has 1 fully saturated rings. The lowest BCUT2D eigenvalue weighted by atomic mass is 10.0. The molecule has 0 radical (unpaired) electrons. The molecule has 0 saturated carbocycles. The molecule has 0 N–H and O–H groups in total. The van der Waals surface area contributed by atoms with Gasteiger partial charge >= 0.3 is 0 Å². The maximum Gasteiger partial charge on any atom is 0.231 e. The van der Waals surface area contributed by atoms with Crippen molar-refractivity contribution >= 4 is 21.7 Å². The van der Waals surface area contributed by atoms with Crippen LogP contribution in [0.5, 0.6) is 17.2 Å². The summed E-state index contributed by atoms with van der Waals surface area (Å²) in [4.78, 5) is 15.4. The van der Waals surface area contributed by atoms with E-state index < -0.39 is 0 Å². The van der Waals surface area contributed by atoms with Crippen molar-refractivity contribution in [3.63, 3.8) is 0 Å². The Kier molecular flexibility index (Phi) is 4.63. The maximum atomic E-state index is 13.0. The second kappa shape index (κ2) is 6.93. The number of halogens is 1. The van der Waals surface area contributed by atoms with E-state index in [2.05, 4.69) is 34.7 Å². The molecule has 0 aliphatic carbocycles. The molecule has 2 heterocycles. The number of likely N-dealkylation sites (tertiary alicyclic amines) is 1. The summed E-state index contributed by atoms with van der Waals surface area (Å²) >= 11 is 3.47. The lowest BCUT2D eigenvalue weighted by molar-refractivity contribution is -0.000216. The van der Waals surface area contributed by atoms with Crippen molar-refractivity contribution in [2.45, 2.75) is 26.0 Å². The number of ketones is 1. The monoisotopic (exact) mass is 417 g/mol. The largest absolute Gasteiger partial charge is 0.487 e. The van der Waals surface area contributed by atoms with E-state index in [0.29, 0.717) is 34.4 Å². The van der Waals surface area contributed by atoms with Crippen molar-refractivity contribution in [1.82, 2.24) is 4.90 Å². The van der Waals surface area contributed by atoms with Crippen molar-refractivity contribution in [2.75, 3.05) is 19.9 Å². The third kappa shape index (κ3) is 3.31. The highest BCUT2D eigenvalue weighted by molar-refractivity contribution is 9.10. The zero-order chi connectivity index (χ0) is 18.3. The molecule has 2 aliphatic rings. The van der Waals surface area contributed by atoms with Gasteiger partial charge in [0.1, 0.15) is 11.9 Å². The molecule has 0 bridgehead atoms. The van der Waals surface area contributed by atoms with Crippen molar-refractivity contribution < 1.29 is 19.0 Å². The topological polar surface area (TPSA) is 48.0 Å². The van der Waals surface area contributed by atoms with Crippen LogP contribution in [0.3, 0.4) is 0 Å². The van der Waals surface area contributed by atoms with Crippen molar-refractivity contribution in [2.24, 2.45) is 0 Å². The first-order chi connectivity index (χ1) is 12.5. The Bertz CT molecular complexity index is 846. The van der Waals surface area contributed by atoms with Gasteiger partial charge in [-0.3, -0.25) is 9.69 Å². The third-order valence-electron chi connectivity index (χ3n) is 4.72. The van der Waals surface area contributed by atoms with Crippen LogP contribution in [-0.2, 0) is 0 Å². The minimum atomic E-state index is -0.0918. The molecule has 4 rings (SSSR count). The van der Waals surface area contributed by atoms with Gasteiger partial charge in [-0.2, -0.15) is 0 Å². The Labute approximate surface area is 161 Å². The fourth-order valence-electron chi connectivity index (χ4n) is 3.12. The average Bonchev–Trinajstić information content (AvgIpc) is 3.04. The summed E-state index contributed by atoms with van der Waals surface area (Å²) in [7, 11) is 0. The van der Waals surface area contributed by atoms with Crippen LogP contribution in [-0.4, -0.2) is 42.7 Å². The first-order valence-corrected chi connectivity index (χ1v) is 9.45. The van der Waals surface area contributed by atoms with E-state index in [-0.39, 0.29) is 18.7 Å². The van der Waals surface area contributed by atoms with Gasteiger partial charge in [-0.1, -0.05) is 15.9 Å². The van der Waals surface area contributed by atoms with Gasteiger partial charge in [0.15, 0.2) is 17.3 Å². The molecule has 26 heavy (non-hydrogen) atoms. The van der Waals surface area contributed by atoms with Gasteiger partial charge in [0.2, 0.25) is 6.79 Å². The molecule has 0 unspecified atom stereocenters. The van der Waals surface area contributed by atoms with E-state index in [9.17, 15) is 4.79 Å². The molecule has 0 amide bonds. The Morgan fingerprint density at radius 1 is 1.15 bits per heavy atom. The number of carbonyl (C=O) groups is 1. The van der Waals surface area contributed by atoms with Crippen LogP contribution in [0.1, 0.15) is 29.8 Å². The van der Waals surface area contributed by atoms with E-state index in [1.807, 2.05) is 12.1 Å². The molecular formula is C20H20BrNO4. The molecular weight excluding hydrogens is 398 g/mol. The van der Waals surface area contributed by atoms with E-state index >= 15 is 0 Å². The van der Waals surface area contributed by atoms with Gasteiger partial charge < -0.3 is 14.2 Å². The normalized spacial score (nSPS) is 16.6. The molecule has 0 atom stereocenters. The summed E-state index contributed by atoms with van der Waals surface area (Å²) in [6.45, 7) is 6.28. The number of nitrogens with zero attached hydrogens (tertiary/aromatic N) is 1. The number of benzene rings is 2. The van der Waals surface area contributed by atoms with Gasteiger partial charge in [-0.25, -0.2) is 0 Å². The predicted molar refractivity (Wildman–Crippen MR) is 101 cm³/mol. The highest BCUT2D eigenvalue weighted by Gasteiger charge is 2.31. The first-order valence-electron chi connectivity index (χ1n) is 8.66. The van der Waals surface area contributed by atoms with Gasteiger partial charge in [0.05, 0.1) is 5.56 Å². The van der Waals surface area contributed by atoms with E-state index in [4.69, 9.17) is 14.2 Å². The second-order valence-corrected chi connectivity index (χ2v) is 7.74. The fraction of sp³-hybridized carbons (Fsp3) is 0.350. The molecule has 2 aromatic carbocycles. The molecule has 0 aromatic heterocycles. The lowest BCUT2D eigenvalue weighted by Gasteiger charge is -2.41. The average molecular weight is 418 g/mol. The molecule has 136 valence electrons. The predicted octanol–water partition coefficient (Wildman–Crippen LogP) is 3.88. The fourth-order valence-corrected chi connectivity index (χ4v) is 3.46. The quantitative estimate of drug-likeness (QED) is 0.690. The van der Waals surface area contributed by atoms with Crippen LogP contribution < -0.4 is 14.2 Å². The highest BCUT2D eigenvalue weighted by Crippen LogP contribution is 2.35. The highest BCUT2D eigenvalue weighted by atomic mass is 79.9. The second-order valence-electron chi connectivity index (χ2n) is 6.83. The van der Waals surface area contributed by atoms with Crippen LogP contribution in [0.15, 0.2) is 40.9 Å². The number of fused-ring (bicyclic) bond motifs is 1. The third-order valence-corrected chi connectivity index (χ3v) is 5.22. The molecule has 0 spiro atoms. The van der Waals surface area contributed by atoms with E-state index in [1.54, 1.807) is 24.3 Å². The molecule has 2 aliphatic heterocycles. The SMILES string of the molecule is CC(C)N1CC(Oc2cc(Br)ccc2C(=O)c2ccc3c(c2)OCO3)C1. The van der Waals surface area contributed by atoms with Gasteiger partial charge in [0.25, 0.3) is 0 Å². The number of ether oxygens (including phenoxy) is 3. The van der Waals surface area contributed by atoms with Crippen LogP contribution in [0.4, 0.5) is 0 Å². The maximum absolute atomic E-state index is 13.0. The number of hydrogen-bond donors (Lipinski definition) is 0. The van der Waals surface area contributed by atoms with Gasteiger partial charge in [-0.15, -0.1) is 0 Å². The van der Waals surface area contributed by atoms with E-state index in [0.717, 1.165) is 17.6 Å². The number of rotatable bonds is 5. The minimum Gasteiger partial charge on any atom is -0.487 e. The van der Waals surface area contributed by atoms with Crippen LogP contribution in [0.25, 0.3) is 0 Å². The summed E-state index contributed by atoms with van der Waals surface area (Å²) < 4.78 is 17.7. The smallest absolute Gasteiger partial charge is 0.231 e. The standard InChI is InChI=1S/C20H20BrNO4/c1-12(2)22-9-15(10-22)26-18-8-14(21)4-5-16(18)20(23)13-3-6-17-19(7-13)25-11-24-17/h3-8,12,15H,9-11H2,1-2H3. The van der Waals surface area contributed by atoms with E-state index in [1.165, 1.54) is 0 Å². The minimum absolute atomic E-state index is 0.0918. The molecule has 2 aromatic rings. The van der Waals surface area contributed by atoms with Crippen molar-refractivity contribution in [3.8, 4) is 17.2 Å². The summed E-state index contributed by atoms with van der Waals surface area (Å²) in [5.74, 6) is 1.78.